The van der Waals surface area contributed by atoms with E-state index < -0.39 is 10.0 Å². The van der Waals surface area contributed by atoms with Crippen LogP contribution in [0.15, 0.2) is 18.3 Å². The molecule has 1 unspecified atom stereocenters. The summed E-state index contributed by atoms with van der Waals surface area (Å²) in [5, 5.41) is 0. The molecular formula is C10H15ClN2O3S. The Morgan fingerprint density at radius 1 is 1.53 bits per heavy atom. The highest BCUT2D eigenvalue weighted by molar-refractivity contribution is 7.92. The Morgan fingerprint density at radius 2 is 2.24 bits per heavy atom. The Kier molecular flexibility index (Phi) is 5.02. The van der Waals surface area contributed by atoms with E-state index in [1.165, 1.54) is 13.3 Å². The minimum absolute atomic E-state index is 0.0114. The summed E-state index contributed by atoms with van der Waals surface area (Å²) in [6.45, 7) is 1.78. The molecule has 1 heterocycles. The number of pyridine rings is 1. The summed E-state index contributed by atoms with van der Waals surface area (Å²) in [7, 11) is -1.89. The maximum absolute atomic E-state index is 11.7. The molecule has 0 amide bonds. The highest BCUT2D eigenvalue weighted by Crippen LogP contribution is 2.13. The SMILES string of the molecule is COc1ccc(NS(=O)(=O)CC(C)CCl)cn1. The fraction of sp³-hybridized carbons (Fsp3) is 0.500. The molecule has 1 aromatic heterocycles. The molecular weight excluding hydrogens is 264 g/mol. The molecule has 1 N–H and O–H groups in total. The number of ether oxygens (including phenoxy) is 1. The second-order valence-corrected chi connectivity index (χ2v) is 5.81. The van der Waals surface area contributed by atoms with Gasteiger partial charge in [-0.3, -0.25) is 4.72 Å². The van der Waals surface area contributed by atoms with E-state index in [1.54, 1.807) is 19.1 Å². The van der Waals surface area contributed by atoms with E-state index in [1.807, 2.05) is 0 Å². The zero-order valence-electron chi connectivity index (χ0n) is 9.68. The van der Waals surface area contributed by atoms with E-state index in [0.29, 0.717) is 17.4 Å². The summed E-state index contributed by atoms with van der Waals surface area (Å²) >= 11 is 5.58. The quantitative estimate of drug-likeness (QED) is 0.805. The van der Waals surface area contributed by atoms with E-state index in [2.05, 4.69) is 9.71 Å². The third kappa shape index (κ3) is 4.79. The number of sulfonamides is 1. The monoisotopic (exact) mass is 278 g/mol. The summed E-state index contributed by atoms with van der Waals surface area (Å²) in [5.74, 6) is 0.632. The van der Waals surface area contributed by atoms with Crippen LogP contribution in [0.4, 0.5) is 5.69 Å². The van der Waals surface area contributed by atoms with Crippen molar-refractivity contribution in [2.75, 3.05) is 23.5 Å². The van der Waals surface area contributed by atoms with Crippen LogP contribution in [0, 0.1) is 5.92 Å². The van der Waals surface area contributed by atoms with Crippen LogP contribution in [0.3, 0.4) is 0 Å². The van der Waals surface area contributed by atoms with Crippen LogP contribution < -0.4 is 9.46 Å². The number of hydrogen-bond donors (Lipinski definition) is 1. The van der Waals surface area contributed by atoms with Gasteiger partial charge >= 0.3 is 0 Å². The van der Waals surface area contributed by atoms with E-state index >= 15 is 0 Å². The first-order valence-electron chi connectivity index (χ1n) is 5.03. The molecule has 0 fully saturated rings. The van der Waals surface area contributed by atoms with Crippen molar-refractivity contribution in [2.24, 2.45) is 5.92 Å². The van der Waals surface area contributed by atoms with Crippen LogP contribution in [0.25, 0.3) is 0 Å². The smallest absolute Gasteiger partial charge is 0.233 e. The van der Waals surface area contributed by atoms with Gasteiger partial charge in [0.1, 0.15) is 0 Å². The van der Waals surface area contributed by atoms with Gasteiger partial charge in [0.15, 0.2) is 0 Å². The topological polar surface area (TPSA) is 68.3 Å². The first-order valence-corrected chi connectivity index (χ1v) is 7.22. The number of hydrogen-bond acceptors (Lipinski definition) is 4. The van der Waals surface area contributed by atoms with Gasteiger partial charge < -0.3 is 4.74 Å². The van der Waals surface area contributed by atoms with Gasteiger partial charge in [-0.1, -0.05) is 6.92 Å². The molecule has 0 saturated carbocycles. The molecule has 1 rings (SSSR count). The fourth-order valence-electron chi connectivity index (χ4n) is 1.20. The molecule has 0 spiro atoms. The summed E-state index contributed by atoms with van der Waals surface area (Å²) in [5.41, 5.74) is 0.410. The first-order chi connectivity index (χ1) is 7.96. The van der Waals surface area contributed by atoms with Gasteiger partial charge in [-0.15, -0.1) is 11.6 Å². The van der Waals surface area contributed by atoms with Gasteiger partial charge in [0.2, 0.25) is 15.9 Å². The highest BCUT2D eigenvalue weighted by atomic mass is 35.5. The van der Waals surface area contributed by atoms with Gasteiger partial charge in [-0.25, -0.2) is 13.4 Å². The van der Waals surface area contributed by atoms with Crippen LogP contribution in [0.2, 0.25) is 0 Å². The molecule has 7 heteroatoms. The molecule has 0 aliphatic heterocycles. The van der Waals surface area contributed by atoms with Crippen molar-refractivity contribution >= 4 is 27.3 Å². The number of anilines is 1. The lowest BCUT2D eigenvalue weighted by Crippen LogP contribution is -2.22. The van der Waals surface area contributed by atoms with Crippen LogP contribution in [-0.2, 0) is 10.0 Å². The summed E-state index contributed by atoms with van der Waals surface area (Å²) in [6, 6.07) is 3.18. The lowest BCUT2D eigenvalue weighted by molar-refractivity contribution is 0.398. The first kappa shape index (κ1) is 14.1. The highest BCUT2D eigenvalue weighted by Gasteiger charge is 2.15. The summed E-state index contributed by atoms with van der Waals surface area (Å²) in [6.07, 6.45) is 1.40. The minimum atomic E-state index is -3.38. The lowest BCUT2D eigenvalue weighted by Gasteiger charge is -2.10. The van der Waals surface area contributed by atoms with Gasteiger partial charge in [-0.05, 0) is 12.0 Å². The lowest BCUT2D eigenvalue weighted by atomic mass is 10.3. The molecule has 5 nitrogen and oxygen atoms in total. The molecule has 17 heavy (non-hydrogen) atoms. The van der Waals surface area contributed by atoms with Crippen LogP contribution in [-0.4, -0.2) is 32.1 Å². The standard InChI is InChI=1S/C10H15ClN2O3S/c1-8(5-11)7-17(14,15)13-9-3-4-10(16-2)12-6-9/h3-4,6,8,13H,5,7H2,1-2H3. The third-order valence-electron chi connectivity index (χ3n) is 1.99. The van der Waals surface area contributed by atoms with Crippen molar-refractivity contribution in [2.45, 2.75) is 6.92 Å². The Labute approximate surface area is 106 Å². The van der Waals surface area contributed by atoms with Crippen molar-refractivity contribution in [3.63, 3.8) is 0 Å². The zero-order valence-corrected chi connectivity index (χ0v) is 11.3. The zero-order chi connectivity index (χ0) is 12.9. The van der Waals surface area contributed by atoms with Crippen molar-refractivity contribution < 1.29 is 13.2 Å². The van der Waals surface area contributed by atoms with Crippen LogP contribution in [0.5, 0.6) is 5.88 Å². The number of nitrogens with one attached hydrogen (secondary N) is 1. The Hall–Kier alpha value is -1.01. The predicted octanol–water partition coefficient (Wildman–Crippen LogP) is 1.71. The normalized spacial score (nSPS) is 13.1. The number of rotatable bonds is 6. The Balaban J connectivity index is 2.69. The van der Waals surface area contributed by atoms with Gasteiger partial charge in [-0.2, -0.15) is 0 Å². The average molecular weight is 279 g/mol. The average Bonchev–Trinajstić information content (AvgIpc) is 2.28. The molecule has 0 saturated heterocycles. The predicted molar refractivity (Wildman–Crippen MR) is 68.1 cm³/mol. The fourth-order valence-corrected chi connectivity index (χ4v) is 2.87. The van der Waals surface area contributed by atoms with E-state index in [0.717, 1.165) is 0 Å². The Morgan fingerprint density at radius 3 is 2.71 bits per heavy atom. The number of nitrogens with zero attached hydrogens (tertiary/aromatic N) is 1. The van der Waals surface area contributed by atoms with Crippen LogP contribution >= 0.6 is 11.6 Å². The molecule has 96 valence electrons. The van der Waals surface area contributed by atoms with E-state index in [9.17, 15) is 8.42 Å². The number of alkyl halides is 1. The molecule has 1 atom stereocenters. The van der Waals surface area contributed by atoms with Gasteiger partial charge in [0, 0.05) is 11.9 Å². The van der Waals surface area contributed by atoms with Crippen molar-refractivity contribution in [3.05, 3.63) is 18.3 Å². The largest absolute Gasteiger partial charge is 0.481 e. The van der Waals surface area contributed by atoms with Gasteiger partial charge in [0.25, 0.3) is 0 Å². The Bertz CT molecular complexity index is 447. The van der Waals surface area contributed by atoms with Crippen molar-refractivity contribution in [1.29, 1.82) is 0 Å². The van der Waals surface area contributed by atoms with Crippen molar-refractivity contribution in [3.8, 4) is 5.88 Å². The van der Waals surface area contributed by atoms with Crippen molar-refractivity contribution in [1.82, 2.24) is 4.98 Å². The number of methoxy groups -OCH3 is 1. The maximum atomic E-state index is 11.7. The van der Waals surface area contributed by atoms with E-state index in [4.69, 9.17) is 16.3 Å². The number of aromatic nitrogens is 1. The maximum Gasteiger partial charge on any atom is 0.233 e. The summed E-state index contributed by atoms with van der Waals surface area (Å²) < 4.78 is 30.7. The number of halogens is 1. The molecule has 0 aliphatic rings. The van der Waals surface area contributed by atoms with Crippen LogP contribution in [0.1, 0.15) is 6.92 Å². The second-order valence-electron chi connectivity index (χ2n) is 3.73. The third-order valence-corrected chi connectivity index (χ3v) is 4.07. The molecule has 0 bridgehead atoms. The van der Waals surface area contributed by atoms with E-state index in [-0.39, 0.29) is 11.7 Å². The second kappa shape index (κ2) is 6.07. The molecule has 1 aromatic rings. The molecule has 0 radical (unpaired) electrons. The molecule has 0 aromatic carbocycles. The minimum Gasteiger partial charge on any atom is -0.481 e. The van der Waals surface area contributed by atoms with Gasteiger partial charge in [0.05, 0.1) is 24.7 Å². The summed E-state index contributed by atoms with van der Waals surface area (Å²) in [4.78, 5) is 3.91. The molecule has 0 aliphatic carbocycles.